The minimum absolute atomic E-state index is 0.175. The Morgan fingerprint density at radius 1 is 1.53 bits per heavy atom. The molecule has 0 radical (unpaired) electrons. The molecule has 0 saturated heterocycles. The molecule has 0 N–H and O–H groups in total. The average Bonchev–Trinajstić information content (AvgIpc) is 3.23. The van der Waals surface area contributed by atoms with Crippen molar-refractivity contribution in [1.82, 2.24) is 4.90 Å². The van der Waals surface area contributed by atoms with Gasteiger partial charge < -0.3 is 4.74 Å². The number of carbonyl (C=O) groups excluding carboxylic acids is 1. The van der Waals surface area contributed by atoms with Gasteiger partial charge in [0, 0.05) is 12.6 Å². The van der Waals surface area contributed by atoms with Crippen LogP contribution in [0.15, 0.2) is 24.3 Å². The number of hydrogen-bond donors (Lipinski definition) is 0. The van der Waals surface area contributed by atoms with Gasteiger partial charge in [-0.2, -0.15) is 5.26 Å². The Morgan fingerprint density at radius 3 is 2.95 bits per heavy atom. The summed E-state index contributed by atoms with van der Waals surface area (Å²) in [4.78, 5) is 13.7. The molecule has 0 aliphatic heterocycles. The summed E-state index contributed by atoms with van der Waals surface area (Å²) in [6, 6.07) is 10.1. The first-order chi connectivity index (χ1) is 9.22. The van der Waals surface area contributed by atoms with Crippen LogP contribution in [0.2, 0.25) is 0 Å². The van der Waals surface area contributed by atoms with Crippen molar-refractivity contribution < 1.29 is 9.53 Å². The zero-order valence-electron chi connectivity index (χ0n) is 11.1. The number of ether oxygens (including phenoxy) is 1. The van der Waals surface area contributed by atoms with E-state index in [1.807, 2.05) is 25.1 Å². The predicted octanol–water partition coefficient (Wildman–Crippen LogP) is 2.09. The van der Waals surface area contributed by atoms with Gasteiger partial charge in [0.15, 0.2) is 0 Å². The van der Waals surface area contributed by atoms with E-state index in [4.69, 9.17) is 10.00 Å². The molecule has 1 aromatic carbocycles. The molecule has 1 aliphatic rings. The molecular weight excluding hydrogens is 240 g/mol. The maximum absolute atomic E-state index is 11.6. The van der Waals surface area contributed by atoms with Crippen molar-refractivity contribution in [2.45, 2.75) is 32.4 Å². The zero-order valence-corrected chi connectivity index (χ0v) is 11.1. The first-order valence-corrected chi connectivity index (χ1v) is 6.61. The Labute approximate surface area is 113 Å². The second-order valence-corrected chi connectivity index (χ2v) is 4.75. The summed E-state index contributed by atoms with van der Waals surface area (Å²) in [5.41, 5.74) is 1.72. The fourth-order valence-corrected chi connectivity index (χ4v) is 2.10. The molecule has 0 unspecified atom stereocenters. The van der Waals surface area contributed by atoms with Crippen LogP contribution >= 0.6 is 0 Å². The number of carbonyl (C=O) groups is 1. The number of nitriles is 1. The topological polar surface area (TPSA) is 53.3 Å². The van der Waals surface area contributed by atoms with Gasteiger partial charge in [0.05, 0.1) is 24.8 Å². The van der Waals surface area contributed by atoms with Gasteiger partial charge in [0.1, 0.15) is 0 Å². The Kier molecular flexibility index (Phi) is 4.53. The lowest BCUT2D eigenvalue weighted by molar-refractivity contribution is -0.144. The summed E-state index contributed by atoms with van der Waals surface area (Å²) in [7, 11) is 0. The number of esters is 1. The molecule has 1 aromatic rings. The fourth-order valence-electron chi connectivity index (χ4n) is 2.10. The van der Waals surface area contributed by atoms with Gasteiger partial charge in [-0.15, -0.1) is 0 Å². The highest BCUT2D eigenvalue weighted by molar-refractivity contribution is 5.71. The molecule has 1 aliphatic carbocycles. The van der Waals surface area contributed by atoms with Gasteiger partial charge in [-0.05, 0) is 37.5 Å². The maximum atomic E-state index is 11.6. The van der Waals surface area contributed by atoms with E-state index in [1.54, 1.807) is 6.07 Å². The molecule has 0 amide bonds. The van der Waals surface area contributed by atoms with Crippen molar-refractivity contribution in [1.29, 1.82) is 5.26 Å². The highest BCUT2D eigenvalue weighted by atomic mass is 16.5. The highest BCUT2D eigenvalue weighted by Gasteiger charge is 2.30. The predicted molar refractivity (Wildman–Crippen MR) is 71.2 cm³/mol. The molecule has 0 atom stereocenters. The Bertz CT molecular complexity index is 489. The number of benzene rings is 1. The van der Waals surface area contributed by atoms with E-state index in [9.17, 15) is 4.79 Å². The highest BCUT2D eigenvalue weighted by Crippen LogP contribution is 2.28. The molecule has 2 rings (SSSR count). The SMILES string of the molecule is CCOC(=O)CN(Cc1cccc(C#N)c1)C1CC1. The lowest BCUT2D eigenvalue weighted by atomic mass is 10.1. The average molecular weight is 258 g/mol. The van der Waals surface area contributed by atoms with Gasteiger partial charge in [0.2, 0.25) is 0 Å². The number of nitrogens with zero attached hydrogens (tertiary/aromatic N) is 2. The van der Waals surface area contributed by atoms with E-state index in [0.29, 0.717) is 31.3 Å². The van der Waals surface area contributed by atoms with Crippen molar-refractivity contribution in [3.05, 3.63) is 35.4 Å². The Morgan fingerprint density at radius 2 is 2.32 bits per heavy atom. The van der Waals surface area contributed by atoms with E-state index < -0.39 is 0 Å². The third-order valence-corrected chi connectivity index (χ3v) is 3.14. The molecule has 0 bridgehead atoms. The minimum atomic E-state index is -0.175. The van der Waals surface area contributed by atoms with E-state index >= 15 is 0 Å². The van der Waals surface area contributed by atoms with E-state index in [0.717, 1.165) is 18.4 Å². The van der Waals surface area contributed by atoms with Gasteiger partial charge in [-0.1, -0.05) is 12.1 Å². The molecule has 4 nitrogen and oxygen atoms in total. The van der Waals surface area contributed by atoms with E-state index in [2.05, 4.69) is 11.0 Å². The molecule has 1 fully saturated rings. The number of rotatable bonds is 6. The minimum Gasteiger partial charge on any atom is -0.465 e. The van der Waals surface area contributed by atoms with Crippen molar-refractivity contribution in [2.75, 3.05) is 13.2 Å². The quantitative estimate of drug-likeness (QED) is 0.733. The van der Waals surface area contributed by atoms with Gasteiger partial charge >= 0.3 is 5.97 Å². The third-order valence-electron chi connectivity index (χ3n) is 3.14. The summed E-state index contributed by atoms with van der Waals surface area (Å²) < 4.78 is 5.00. The molecular formula is C15H18N2O2. The fraction of sp³-hybridized carbons (Fsp3) is 0.467. The molecule has 100 valence electrons. The van der Waals surface area contributed by atoms with Crippen LogP contribution in [-0.4, -0.2) is 30.1 Å². The van der Waals surface area contributed by atoms with Crippen LogP contribution in [-0.2, 0) is 16.1 Å². The largest absolute Gasteiger partial charge is 0.465 e. The van der Waals surface area contributed by atoms with Crippen LogP contribution in [0.3, 0.4) is 0 Å². The first kappa shape index (κ1) is 13.6. The second kappa shape index (κ2) is 6.35. The normalized spacial score (nSPS) is 14.2. The molecule has 19 heavy (non-hydrogen) atoms. The summed E-state index contributed by atoms with van der Waals surface area (Å²) in [6.07, 6.45) is 2.27. The van der Waals surface area contributed by atoms with Crippen molar-refractivity contribution in [2.24, 2.45) is 0 Å². The van der Waals surface area contributed by atoms with Crippen LogP contribution in [0.25, 0.3) is 0 Å². The van der Waals surface area contributed by atoms with Crippen molar-refractivity contribution in [3.8, 4) is 6.07 Å². The molecule has 1 saturated carbocycles. The lowest BCUT2D eigenvalue weighted by Gasteiger charge is -2.20. The molecule has 0 heterocycles. The summed E-state index contributed by atoms with van der Waals surface area (Å²) >= 11 is 0. The smallest absolute Gasteiger partial charge is 0.320 e. The molecule has 0 spiro atoms. The van der Waals surface area contributed by atoms with Crippen molar-refractivity contribution >= 4 is 5.97 Å². The molecule has 4 heteroatoms. The lowest BCUT2D eigenvalue weighted by Crippen LogP contribution is -2.32. The van der Waals surface area contributed by atoms with Crippen molar-refractivity contribution in [3.63, 3.8) is 0 Å². The number of hydrogen-bond acceptors (Lipinski definition) is 4. The van der Waals surface area contributed by atoms with Gasteiger partial charge in [-0.25, -0.2) is 0 Å². The monoisotopic (exact) mass is 258 g/mol. The first-order valence-electron chi connectivity index (χ1n) is 6.61. The summed E-state index contributed by atoms with van der Waals surface area (Å²) in [5, 5.41) is 8.90. The van der Waals surface area contributed by atoms with Gasteiger partial charge in [-0.3, -0.25) is 9.69 Å². The van der Waals surface area contributed by atoms with E-state index in [1.165, 1.54) is 0 Å². The standard InChI is InChI=1S/C15H18N2O2/c1-2-19-15(18)11-17(14-6-7-14)10-13-5-3-4-12(8-13)9-16/h3-5,8,14H,2,6-7,10-11H2,1H3. The van der Waals surface area contributed by atoms with Crippen LogP contribution < -0.4 is 0 Å². The van der Waals surface area contributed by atoms with Gasteiger partial charge in [0.25, 0.3) is 0 Å². The van der Waals surface area contributed by atoms with Crippen LogP contribution in [0.5, 0.6) is 0 Å². The van der Waals surface area contributed by atoms with Crippen LogP contribution in [0.4, 0.5) is 0 Å². The Balaban J connectivity index is 2.00. The Hall–Kier alpha value is -1.86. The zero-order chi connectivity index (χ0) is 13.7. The molecule has 0 aromatic heterocycles. The second-order valence-electron chi connectivity index (χ2n) is 4.75. The van der Waals surface area contributed by atoms with Crippen LogP contribution in [0, 0.1) is 11.3 Å². The summed E-state index contributed by atoms with van der Waals surface area (Å²) in [5.74, 6) is -0.175. The summed E-state index contributed by atoms with van der Waals surface area (Å²) in [6.45, 7) is 3.26. The maximum Gasteiger partial charge on any atom is 0.320 e. The van der Waals surface area contributed by atoms with Crippen LogP contribution in [0.1, 0.15) is 30.9 Å². The van der Waals surface area contributed by atoms with E-state index in [-0.39, 0.29) is 5.97 Å². The third kappa shape index (κ3) is 4.08.